The van der Waals surface area contributed by atoms with E-state index in [-0.39, 0.29) is 30.4 Å². The molecule has 3 rings (SSSR count). The van der Waals surface area contributed by atoms with Crippen molar-refractivity contribution in [1.29, 1.82) is 0 Å². The minimum Gasteiger partial charge on any atom is -0.493 e. The first-order valence-corrected chi connectivity index (χ1v) is 10.5. The molecule has 0 unspecified atom stereocenters. The van der Waals surface area contributed by atoms with Gasteiger partial charge in [0, 0.05) is 24.5 Å². The van der Waals surface area contributed by atoms with Crippen LogP contribution < -0.4 is 10.1 Å². The molecule has 0 aliphatic heterocycles. The number of nitrogens with zero attached hydrogens (tertiary/aromatic N) is 1. The molecule has 0 amide bonds. The maximum atomic E-state index is 11.4. The first kappa shape index (κ1) is 28.4. The maximum Gasteiger partial charge on any atom is 0.339 e. The van der Waals surface area contributed by atoms with Crippen LogP contribution in [0.5, 0.6) is 5.75 Å². The number of carboxylic acids is 1. The highest BCUT2D eigenvalue weighted by molar-refractivity contribution is 5.92. The number of aliphatic hydroxyl groups is 1. The Hall–Kier alpha value is -2.64. The zero-order valence-electron chi connectivity index (χ0n) is 18.4. The number of nitrogens with one attached hydrogen (secondary N) is 1. The van der Waals surface area contributed by atoms with Crippen molar-refractivity contribution in [2.45, 2.75) is 25.9 Å². The largest absolute Gasteiger partial charge is 0.493 e. The monoisotopic (exact) mass is 492 g/mol. The van der Waals surface area contributed by atoms with Crippen LogP contribution in [0.25, 0.3) is 11.1 Å². The molecule has 6 nitrogen and oxygen atoms in total. The Morgan fingerprint density at radius 2 is 1.82 bits per heavy atom. The van der Waals surface area contributed by atoms with Crippen molar-refractivity contribution in [2.75, 3.05) is 19.7 Å². The summed E-state index contributed by atoms with van der Waals surface area (Å²) in [4.78, 5) is 15.4. The molecule has 0 radical (unpaired) electrons. The van der Waals surface area contributed by atoms with Crippen LogP contribution in [0.2, 0.25) is 0 Å². The van der Waals surface area contributed by atoms with Gasteiger partial charge in [-0.15, -0.1) is 24.8 Å². The minimum atomic E-state index is -0.992. The molecule has 0 aliphatic carbocycles. The summed E-state index contributed by atoms with van der Waals surface area (Å²) >= 11 is 0. The highest BCUT2D eigenvalue weighted by atomic mass is 35.5. The lowest BCUT2D eigenvalue weighted by molar-refractivity contribution is 0.0692. The number of pyridine rings is 1. The molecule has 0 fully saturated rings. The molecule has 3 aromatic rings. The standard InChI is InChI=1S/C25H28N2O4.2ClH/c1-2-14-31-24-15-20(9-10-22(24)25(29)30)19-7-5-18(6-8-19)11-13-27-17-23(28)21-4-3-12-26-16-21;;/h3-10,12,15-16,23,27-28H,2,11,13-14,17H2,1H3,(H,29,30);2*1H/t23-;;/m0../s1. The van der Waals surface area contributed by atoms with Crippen LogP contribution >= 0.6 is 24.8 Å². The van der Waals surface area contributed by atoms with Gasteiger partial charge in [-0.25, -0.2) is 4.79 Å². The van der Waals surface area contributed by atoms with Crippen molar-refractivity contribution in [3.63, 3.8) is 0 Å². The SMILES string of the molecule is CCCOc1cc(-c2ccc(CCNC[C@H](O)c3cccnc3)cc2)ccc1C(=O)O.Cl.Cl. The highest BCUT2D eigenvalue weighted by Crippen LogP contribution is 2.28. The van der Waals surface area contributed by atoms with E-state index in [1.54, 1.807) is 30.6 Å². The number of aromatic carboxylic acids is 1. The molecule has 33 heavy (non-hydrogen) atoms. The van der Waals surface area contributed by atoms with Crippen molar-refractivity contribution in [3.05, 3.63) is 83.7 Å². The predicted octanol–water partition coefficient (Wildman–Crippen LogP) is 4.94. The fourth-order valence-corrected chi connectivity index (χ4v) is 3.24. The van der Waals surface area contributed by atoms with Gasteiger partial charge >= 0.3 is 5.97 Å². The number of hydrogen-bond donors (Lipinski definition) is 3. The predicted molar refractivity (Wildman–Crippen MR) is 135 cm³/mol. The average Bonchev–Trinajstić information content (AvgIpc) is 2.81. The summed E-state index contributed by atoms with van der Waals surface area (Å²) in [5, 5.41) is 22.8. The summed E-state index contributed by atoms with van der Waals surface area (Å²) in [6, 6.07) is 17.0. The minimum absolute atomic E-state index is 0. The lowest BCUT2D eigenvalue weighted by Crippen LogP contribution is -2.23. The van der Waals surface area contributed by atoms with E-state index < -0.39 is 12.1 Å². The Morgan fingerprint density at radius 1 is 1.09 bits per heavy atom. The zero-order chi connectivity index (χ0) is 22.1. The van der Waals surface area contributed by atoms with Crippen LogP contribution in [-0.2, 0) is 6.42 Å². The van der Waals surface area contributed by atoms with Gasteiger partial charge in [0.15, 0.2) is 0 Å². The molecule has 0 spiro atoms. The van der Waals surface area contributed by atoms with Gasteiger partial charge in [-0.2, -0.15) is 0 Å². The smallest absolute Gasteiger partial charge is 0.339 e. The molecule has 2 aromatic carbocycles. The van der Waals surface area contributed by atoms with Gasteiger partial charge in [-0.3, -0.25) is 4.98 Å². The lowest BCUT2D eigenvalue weighted by Gasteiger charge is -2.12. The number of benzene rings is 2. The second-order valence-electron chi connectivity index (χ2n) is 7.32. The van der Waals surface area contributed by atoms with Gasteiger partial charge in [0.1, 0.15) is 11.3 Å². The van der Waals surface area contributed by atoms with E-state index in [1.165, 1.54) is 5.56 Å². The summed E-state index contributed by atoms with van der Waals surface area (Å²) in [5.74, 6) is -0.596. The van der Waals surface area contributed by atoms with Crippen LogP contribution in [0.3, 0.4) is 0 Å². The van der Waals surface area contributed by atoms with Gasteiger partial charge in [0.2, 0.25) is 0 Å². The number of carboxylic acid groups (broad SMARTS) is 1. The summed E-state index contributed by atoms with van der Waals surface area (Å²) in [5.41, 5.74) is 4.07. The summed E-state index contributed by atoms with van der Waals surface area (Å²) in [6.07, 6.45) is 4.43. The number of aromatic nitrogens is 1. The number of hydrogen-bond acceptors (Lipinski definition) is 5. The number of aliphatic hydroxyl groups excluding tert-OH is 1. The van der Waals surface area contributed by atoms with Crippen LogP contribution in [0.15, 0.2) is 67.0 Å². The van der Waals surface area contributed by atoms with Crippen molar-refractivity contribution in [1.82, 2.24) is 10.3 Å². The lowest BCUT2D eigenvalue weighted by atomic mass is 10.0. The van der Waals surface area contributed by atoms with Gasteiger partial charge in [0.25, 0.3) is 0 Å². The van der Waals surface area contributed by atoms with Crippen molar-refractivity contribution in [2.24, 2.45) is 0 Å². The van der Waals surface area contributed by atoms with Crippen LogP contribution in [0, 0.1) is 0 Å². The van der Waals surface area contributed by atoms with E-state index >= 15 is 0 Å². The van der Waals surface area contributed by atoms with Crippen molar-refractivity contribution >= 4 is 30.8 Å². The molecule has 8 heteroatoms. The third-order valence-electron chi connectivity index (χ3n) is 4.96. The normalized spacial score (nSPS) is 11.1. The van der Waals surface area contributed by atoms with Crippen molar-refractivity contribution in [3.8, 4) is 16.9 Å². The summed E-state index contributed by atoms with van der Waals surface area (Å²) in [6.45, 7) is 3.68. The average molecular weight is 493 g/mol. The third-order valence-corrected chi connectivity index (χ3v) is 4.96. The van der Waals surface area contributed by atoms with E-state index in [9.17, 15) is 15.0 Å². The first-order valence-electron chi connectivity index (χ1n) is 10.5. The van der Waals surface area contributed by atoms with Crippen LogP contribution in [-0.4, -0.2) is 40.9 Å². The molecule has 0 bridgehead atoms. The van der Waals surface area contributed by atoms with Gasteiger partial charge in [-0.05, 0) is 54.3 Å². The topological polar surface area (TPSA) is 91.7 Å². The Bertz CT molecular complexity index is 985. The van der Waals surface area contributed by atoms with Gasteiger partial charge < -0.3 is 20.3 Å². The quantitative estimate of drug-likeness (QED) is 0.328. The second-order valence-corrected chi connectivity index (χ2v) is 7.32. The zero-order valence-corrected chi connectivity index (χ0v) is 20.1. The van der Waals surface area contributed by atoms with Crippen LogP contribution in [0.1, 0.15) is 40.9 Å². The molecular weight excluding hydrogens is 463 g/mol. The highest BCUT2D eigenvalue weighted by Gasteiger charge is 2.13. The Labute approximate surface area is 206 Å². The number of halogens is 2. The molecule has 0 saturated carbocycles. The van der Waals surface area contributed by atoms with Crippen molar-refractivity contribution < 1.29 is 19.7 Å². The number of ether oxygens (including phenoxy) is 1. The fourth-order valence-electron chi connectivity index (χ4n) is 3.24. The maximum absolute atomic E-state index is 11.4. The Kier molecular flexibility index (Phi) is 12.5. The Morgan fingerprint density at radius 3 is 2.45 bits per heavy atom. The first-order chi connectivity index (χ1) is 15.1. The molecule has 1 atom stereocenters. The fraction of sp³-hybridized carbons (Fsp3) is 0.280. The summed E-state index contributed by atoms with van der Waals surface area (Å²) in [7, 11) is 0. The van der Waals surface area contributed by atoms with Gasteiger partial charge in [0.05, 0.1) is 12.7 Å². The van der Waals surface area contributed by atoms with E-state index in [1.807, 2.05) is 31.2 Å². The number of rotatable bonds is 11. The van der Waals surface area contributed by atoms with E-state index in [2.05, 4.69) is 22.4 Å². The third kappa shape index (κ3) is 8.33. The Balaban J connectivity index is 0.00000272. The molecule has 1 heterocycles. The van der Waals surface area contributed by atoms with Crippen LogP contribution in [0.4, 0.5) is 0 Å². The molecule has 1 aromatic heterocycles. The molecular formula is C25H30Cl2N2O4. The second kappa shape index (κ2) is 14.5. The molecule has 3 N–H and O–H groups in total. The molecule has 0 saturated heterocycles. The number of carbonyl (C=O) groups is 1. The summed E-state index contributed by atoms with van der Waals surface area (Å²) < 4.78 is 5.64. The van der Waals surface area contributed by atoms with E-state index in [4.69, 9.17) is 4.74 Å². The van der Waals surface area contributed by atoms with E-state index in [0.29, 0.717) is 18.9 Å². The van der Waals surface area contributed by atoms with E-state index in [0.717, 1.165) is 36.1 Å². The molecule has 0 aliphatic rings. The van der Waals surface area contributed by atoms with Gasteiger partial charge in [-0.1, -0.05) is 43.3 Å². The molecule has 178 valence electrons.